The van der Waals surface area contributed by atoms with Gasteiger partial charge in [-0.25, -0.2) is 0 Å². The highest BCUT2D eigenvalue weighted by Crippen LogP contribution is 2.26. The molecule has 1 aromatic rings. The van der Waals surface area contributed by atoms with Crippen molar-refractivity contribution in [2.24, 2.45) is 5.41 Å². The first-order chi connectivity index (χ1) is 8.96. The van der Waals surface area contributed by atoms with Crippen molar-refractivity contribution in [3.63, 3.8) is 0 Å². The van der Waals surface area contributed by atoms with Gasteiger partial charge in [0.15, 0.2) is 0 Å². The van der Waals surface area contributed by atoms with Gasteiger partial charge in [-0.15, -0.1) is 0 Å². The Hall–Kier alpha value is -2.11. The van der Waals surface area contributed by atoms with Crippen molar-refractivity contribution in [3.8, 4) is 5.75 Å². The molecule has 0 aromatic carbocycles. The largest absolute Gasteiger partial charge is 0.505 e. The number of rotatable bonds is 6. The Morgan fingerprint density at radius 2 is 2.00 bits per heavy atom. The molecule has 1 aromatic heterocycles. The summed E-state index contributed by atoms with van der Waals surface area (Å²) in [7, 11) is 0. The van der Waals surface area contributed by atoms with Gasteiger partial charge in [0.25, 0.3) is 5.91 Å². The van der Waals surface area contributed by atoms with Gasteiger partial charge in [0.2, 0.25) is 0 Å². The molecular formula is C13H18N2O4. The number of carbonyl (C=O) groups excluding carboxylic acids is 1. The van der Waals surface area contributed by atoms with Crippen LogP contribution in [0, 0.1) is 5.41 Å². The summed E-state index contributed by atoms with van der Waals surface area (Å²) in [5, 5.41) is 21.3. The normalized spacial score (nSPS) is 11.1. The number of nitrogens with one attached hydrogen (secondary N) is 1. The number of carbonyl (C=O) groups is 2. The highest BCUT2D eigenvalue weighted by Gasteiger charge is 2.35. The summed E-state index contributed by atoms with van der Waals surface area (Å²) < 4.78 is 0. The summed E-state index contributed by atoms with van der Waals surface area (Å²) in [6.45, 7) is 3.57. The molecule has 0 saturated carbocycles. The molecular weight excluding hydrogens is 248 g/mol. The Balaban J connectivity index is 2.79. The second-order valence-electron chi connectivity index (χ2n) is 4.37. The zero-order valence-corrected chi connectivity index (χ0v) is 11.0. The number of hydrogen-bond donors (Lipinski definition) is 3. The van der Waals surface area contributed by atoms with Gasteiger partial charge in [0.1, 0.15) is 5.75 Å². The predicted octanol–water partition coefficient (Wildman–Crippen LogP) is 1.41. The van der Waals surface area contributed by atoms with E-state index in [1.165, 1.54) is 18.5 Å². The number of aliphatic carboxylic acids is 1. The van der Waals surface area contributed by atoms with Crippen molar-refractivity contribution < 1.29 is 19.8 Å². The SMILES string of the molecule is CCC(CC)(CNC(=O)c1ccncc1O)C(=O)O. The molecule has 0 bridgehead atoms. The summed E-state index contributed by atoms with van der Waals surface area (Å²) in [6.07, 6.45) is 3.39. The summed E-state index contributed by atoms with van der Waals surface area (Å²) >= 11 is 0. The van der Waals surface area contributed by atoms with Crippen molar-refractivity contribution in [1.29, 1.82) is 0 Å². The molecule has 0 atom stereocenters. The van der Waals surface area contributed by atoms with E-state index in [0.29, 0.717) is 12.8 Å². The van der Waals surface area contributed by atoms with Crippen molar-refractivity contribution in [2.45, 2.75) is 26.7 Å². The number of aromatic nitrogens is 1. The average molecular weight is 266 g/mol. The molecule has 0 aliphatic carbocycles. The fourth-order valence-electron chi connectivity index (χ4n) is 1.80. The molecule has 0 aliphatic heterocycles. The van der Waals surface area contributed by atoms with Gasteiger partial charge in [-0.1, -0.05) is 13.8 Å². The van der Waals surface area contributed by atoms with Crippen molar-refractivity contribution >= 4 is 11.9 Å². The zero-order valence-electron chi connectivity index (χ0n) is 11.0. The minimum absolute atomic E-state index is 0.0237. The number of hydrogen-bond acceptors (Lipinski definition) is 4. The van der Waals surface area contributed by atoms with Crippen LogP contribution in [0.3, 0.4) is 0 Å². The van der Waals surface area contributed by atoms with E-state index in [1.54, 1.807) is 13.8 Å². The van der Waals surface area contributed by atoms with Gasteiger partial charge < -0.3 is 15.5 Å². The highest BCUT2D eigenvalue weighted by molar-refractivity contribution is 5.96. The van der Waals surface area contributed by atoms with Gasteiger partial charge in [0.05, 0.1) is 17.2 Å². The summed E-state index contributed by atoms with van der Waals surface area (Å²) in [5.41, 5.74) is -0.889. The second kappa shape index (κ2) is 6.17. The average Bonchev–Trinajstić information content (AvgIpc) is 2.40. The van der Waals surface area contributed by atoms with Crippen LogP contribution in [0.1, 0.15) is 37.0 Å². The zero-order chi connectivity index (χ0) is 14.5. The quantitative estimate of drug-likeness (QED) is 0.723. The number of nitrogens with zero attached hydrogens (tertiary/aromatic N) is 1. The lowest BCUT2D eigenvalue weighted by Crippen LogP contribution is -2.42. The molecule has 19 heavy (non-hydrogen) atoms. The van der Waals surface area contributed by atoms with Crippen molar-refractivity contribution in [1.82, 2.24) is 10.3 Å². The highest BCUT2D eigenvalue weighted by atomic mass is 16.4. The van der Waals surface area contributed by atoms with Crippen LogP contribution in [-0.4, -0.2) is 33.6 Å². The monoisotopic (exact) mass is 266 g/mol. The number of aromatic hydroxyl groups is 1. The minimum Gasteiger partial charge on any atom is -0.505 e. The van der Waals surface area contributed by atoms with E-state index in [9.17, 15) is 19.8 Å². The van der Waals surface area contributed by atoms with Gasteiger partial charge in [-0.2, -0.15) is 0 Å². The van der Waals surface area contributed by atoms with E-state index in [-0.39, 0.29) is 17.9 Å². The first-order valence-electron chi connectivity index (χ1n) is 6.11. The first kappa shape index (κ1) is 14.9. The van der Waals surface area contributed by atoms with E-state index < -0.39 is 17.3 Å². The fourth-order valence-corrected chi connectivity index (χ4v) is 1.80. The summed E-state index contributed by atoms with van der Waals surface area (Å²) in [4.78, 5) is 26.8. The summed E-state index contributed by atoms with van der Waals surface area (Å²) in [5.74, 6) is -1.67. The van der Waals surface area contributed by atoms with Crippen LogP contribution in [0.4, 0.5) is 0 Å². The van der Waals surface area contributed by atoms with Gasteiger partial charge >= 0.3 is 5.97 Å². The third-order valence-corrected chi connectivity index (χ3v) is 3.44. The van der Waals surface area contributed by atoms with E-state index in [0.717, 1.165) is 0 Å². The van der Waals surface area contributed by atoms with E-state index in [2.05, 4.69) is 10.3 Å². The molecule has 104 valence electrons. The fraction of sp³-hybridized carbons (Fsp3) is 0.462. The number of carboxylic acids is 1. The molecule has 0 fully saturated rings. The van der Waals surface area contributed by atoms with Crippen LogP contribution in [0.15, 0.2) is 18.5 Å². The predicted molar refractivity (Wildman–Crippen MR) is 68.9 cm³/mol. The molecule has 0 aliphatic rings. The molecule has 0 unspecified atom stereocenters. The van der Waals surface area contributed by atoms with Crippen LogP contribution in [-0.2, 0) is 4.79 Å². The first-order valence-corrected chi connectivity index (χ1v) is 6.11. The molecule has 3 N–H and O–H groups in total. The summed E-state index contributed by atoms with van der Waals surface area (Å²) in [6, 6.07) is 1.38. The van der Waals surface area contributed by atoms with E-state index in [4.69, 9.17) is 0 Å². The lowest BCUT2D eigenvalue weighted by molar-refractivity contribution is -0.149. The van der Waals surface area contributed by atoms with Crippen molar-refractivity contribution in [3.05, 3.63) is 24.0 Å². The Morgan fingerprint density at radius 1 is 1.37 bits per heavy atom. The number of amides is 1. The third kappa shape index (κ3) is 3.21. The van der Waals surface area contributed by atoms with Crippen LogP contribution in [0.2, 0.25) is 0 Å². The maximum absolute atomic E-state index is 11.9. The van der Waals surface area contributed by atoms with Crippen molar-refractivity contribution in [2.75, 3.05) is 6.54 Å². The van der Waals surface area contributed by atoms with E-state index >= 15 is 0 Å². The van der Waals surface area contributed by atoms with Crippen LogP contribution >= 0.6 is 0 Å². The Labute approximate surface area is 111 Å². The van der Waals surface area contributed by atoms with Crippen LogP contribution in [0.25, 0.3) is 0 Å². The maximum atomic E-state index is 11.9. The second-order valence-corrected chi connectivity index (χ2v) is 4.37. The topological polar surface area (TPSA) is 99.5 Å². The molecule has 1 amide bonds. The number of carboxylic acid groups (broad SMARTS) is 1. The Kier molecular flexibility index (Phi) is 4.86. The van der Waals surface area contributed by atoms with Gasteiger partial charge in [0, 0.05) is 12.7 Å². The number of pyridine rings is 1. The molecule has 1 heterocycles. The third-order valence-electron chi connectivity index (χ3n) is 3.44. The Morgan fingerprint density at radius 3 is 2.47 bits per heavy atom. The molecule has 0 radical (unpaired) electrons. The lowest BCUT2D eigenvalue weighted by atomic mass is 9.82. The molecule has 6 heteroatoms. The standard InChI is InChI=1S/C13H18N2O4/c1-3-13(4-2,12(18)19)8-15-11(17)9-5-6-14-7-10(9)16/h5-7,16H,3-4,8H2,1-2H3,(H,15,17)(H,18,19). The molecule has 6 nitrogen and oxygen atoms in total. The minimum atomic E-state index is -0.974. The van der Waals surface area contributed by atoms with Crippen LogP contribution in [0.5, 0.6) is 5.75 Å². The van der Waals surface area contributed by atoms with Gasteiger partial charge in [-0.05, 0) is 18.9 Å². The molecule has 0 saturated heterocycles. The smallest absolute Gasteiger partial charge is 0.311 e. The van der Waals surface area contributed by atoms with Crippen LogP contribution < -0.4 is 5.32 Å². The Bertz CT molecular complexity index is 469. The molecule has 0 spiro atoms. The molecule has 1 rings (SSSR count). The lowest BCUT2D eigenvalue weighted by Gasteiger charge is -2.26. The maximum Gasteiger partial charge on any atom is 0.311 e. The van der Waals surface area contributed by atoms with E-state index in [1.807, 2.05) is 0 Å². The van der Waals surface area contributed by atoms with Gasteiger partial charge in [-0.3, -0.25) is 14.6 Å².